The van der Waals surface area contributed by atoms with E-state index in [-0.39, 0.29) is 29.9 Å². The van der Waals surface area contributed by atoms with Crippen LogP contribution in [0, 0.1) is 6.92 Å². The van der Waals surface area contributed by atoms with Crippen molar-refractivity contribution >= 4 is 35.8 Å². The SMILES string of the molecule is CCOc1ccc(CCNC(=NC)NCCNC(=O)c2cccc(C)c2)cc1OCC.I. The molecule has 0 bridgehead atoms. The molecule has 0 unspecified atom stereocenters. The Kier molecular flexibility index (Phi) is 13.2. The Morgan fingerprint density at radius 3 is 2.28 bits per heavy atom. The van der Waals surface area contributed by atoms with Gasteiger partial charge >= 0.3 is 0 Å². The predicted octanol–water partition coefficient (Wildman–Crippen LogP) is 3.55. The van der Waals surface area contributed by atoms with Gasteiger partial charge < -0.3 is 25.4 Å². The van der Waals surface area contributed by atoms with E-state index in [0.29, 0.717) is 37.8 Å². The van der Waals surface area contributed by atoms with Gasteiger partial charge in [0, 0.05) is 32.2 Å². The van der Waals surface area contributed by atoms with E-state index in [1.807, 2.05) is 63.2 Å². The summed E-state index contributed by atoms with van der Waals surface area (Å²) in [6.45, 7) is 8.89. The monoisotopic (exact) mass is 554 g/mol. The normalized spacial score (nSPS) is 10.7. The standard InChI is InChI=1S/C24H34N4O3.HI/c1-5-30-21-11-10-19(17-22(21)31-6-2)12-13-27-24(25-4)28-15-14-26-23(29)20-9-7-8-18(3)16-20;/h7-11,16-17H,5-6,12-15H2,1-4H3,(H,26,29)(H2,25,27,28);1H. The molecule has 0 atom stereocenters. The van der Waals surface area contributed by atoms with Crippen LogP contribution in [-0.4, -0.2) is 51.8 Å². The summed E-state index contributed by atoms with van der Waals surface area (Å²) in [6.07, 6.45) is 0.817. The Labute approximate surface area is 208 Å². The highest BCUT2D eigenvalue weighted by atomic mass is 127. The van der Waals surface area contributed by atoms with Crippen molar-refractivity contribution in [2.24, 2.45) is 4.99 Å². The van der Waals surface area contributed by atoms with Gasteiger partial charge in [-0.15, -0.1) is 24.0 Å². The van der Waals surface area contributed by atoms with Gasteiger partial charge in [0.05, 0.1) is 13.2 Å². The van der Waals surface area contributed by atoms with Crippen LogP contribution in [0.2, 0.25) is 0 Å². The van der Waals surface area contributed by atoms with E-state index in [2.05, 4.69) is 20.9 Å². The second kappa shape index (κ2) is 15.3. The van der Waals surface area contributed by atoms with Crippen LogP contribution in [0.5, 0.6) is 11.5 Å². The third kappa shape index (κ3) is 9.33. The van der Waals surface area contributed by atoms with Gasteiger partial charge in [-0.25, -0.2) is 0 Å². The molecule has 0 aliphatic heterocycles. The fraction of sp³-hybridized carbons (Fsp3) is 0.417. The Morgan fingerprint density at radius 1 is 0.906 bits per heavy atom. The molecule has 0 aliphatic carbocycles. The molecule has 0 saturated heterocycles. The quantitative estimate of drug-likeness (QED) is 0.171. The summed E-state index contributed by atoms with van der Waals surface area (Å²) in [7, 11) is 1.73. The van der Waals surface area contributed by atoms with Gasteiger partial charge in [-0.05, 0) is 57.0 Å². The van der Waals surface area contributed by atoms with Crippen LogP contribution in [0.15, 0.2) is 47.5 Å². The van der Waals surface area contributed by atoms with Gasteiger partial charge in [-0.3, -0.25) is 9.79 Å². The molecule has 1 amide bonds. The lowest BCUT2D eigenvalue weighted by atomic mass is 10.1. The number of ether oxygens (including phenoxy) is 2. The topological polar surface area (TPSA) is 84.0 Å². The van der Waals surface area contributed by atoms with Crippen molar-refractivity contribution in [1.82, 2.24) is 16.0 Å². The molecule has 8 heteroatoms. The number of amides is 1. The minimum absolute atomic E-state index is 0. The molecule has 0 fully saturated rings. The molecular formula is C24H35IN4O3. The number of nitrogens with one attached hydrogen (secondary N) is 3. The van der Waals surface area contributed by atoms with E-state index in [1.54, 1.807) is 7.05 Å². The second-order valence-corrected chi connectivity index (χ2v) is 6.95. The molecule has 0 spiro atoms. The molecule has 2 aromatic carbocycles. The number of halogens is 1. The van der Waals surface area contributed by atoms with Gasteiger partial charge in [0.1, 0.15) is 0 Å². The number of aliphatic imine (C=N–C) groups is 1. The summed E-state index contributed by atoms with van der Waals surface area (Å²) >= 11 is 0. The highest BCUT2D eigenvalue weighted by Crippen LogP contribution is 2.28. The average Bonchev–Trinajstić information content (AvgIpc) is 2.77. The molecule has 176 valence electrons. The van der Waals surface area contributed by atoms with Crippen molar-refractivity contribution in [3.8, 4) is 11.5 Å². The Morgan fingerprint density at radius 2 is 1.59 bits per heavy atom. The first-order valence-corrected chi connectivity index (χ1v) is 10.7. The summed E-state index contributed by atoms with van der Waals surface area (Å²) in [5.74, 6) is 2.16. The van der Waals surface area contributed by atoms with E-state index in [1.165, 1.54) is 0 Å². The lowest BCUT2D eigenvalue weighted by Crippen LogP contribution is -2.42. The minimum atomic E-state index is -0.0750. The van der Waals surface area contributed by atoms with Crippen molar-refractivity contribution < 1.29 is 14.3 Å². The first kappa shape index (κ1) is 27.5. The number of guanidine groups is 1. The lowest BCUT2D eigenvalue weighted by molar-refractivity contribution is 0.0954. The summed E-state index contributed by atoms with van der Waals surface area (Å²) in [5, 5.41) is 9.41. The lowest BCUT2D eigenvalue weighted by Gasteiger charge is -2.14. The van der Waals surface area contributed by atoms with Gasteiger partial charge in [-0.2, -0.15) is 0 Å². The predicted molar refractivity (Wildman–Crippen MR) is 141 cm³/mol. The summed E-state index contributed by atoms with van der Waals surface area (Å²) in [6, 6.07) is 13.6. The zero-order chi connectivity index (χ0) is 22.5. The van der Waals surface area contributed by atoms with Crippen molar-refractivity contribution in [1.29, 1.82) is 0 Å². The van der Waals surface area contributed by atoms with Crippen molar-refractivity contribution in [3.63, 3.8) is 0 Å². The van der Waals surface area contributed by atoms with E-state index < -0.39 is 0 Å². The van der Waals surface area contributed by atoms with Crippen LogP contribution in [0.4, 0.5) is 0 Å². The van der Waals surface area contributed by atoms with Gasteiger partial charge in [0.15, 0.2) is 17.5 Å². The van der Waals surface area contributed by atoms with E-state index in [0.717, 1.165) is 35.6 Å². The molecule has 0 radical (unpaired) electrons. The molecule has 2 aromatic rings. The third-order valence-corrected chi connectivity index (χ3v) is 4.52. The summed E-state index contributed by atoms with van der Waals surface area (Å²) < 4.78 is 11.3. The zero-order valence-corrected chi connectivity index (χ0v) is 21.7. The molecule has 0 aliphatic rings. The van der Waals surface area contributed by atoms with E-state index in [4.69, 9.17) is 9.47 Å². The number of aryl methyl sites for hydroxylation is 1. The van der Waals surface area contributed by atoms with Crippen molar-refractivity contribution in [2.75, 3.05) is 39.9 Å². The highest BCUT2D eigenvalue weighted by Gasteiger charge is 2.07. The van der Waals surface area contributed by atoms with Crippen LogP contribution in [0.25, 0.3) is 0 Å². The van der Waals surface area contributed by atoms with Gasteiger partial charge in [0.2, 0.25) is 0 Å². The summed E-state index contributed by atoms with van der Waals surface area (Å²) in [5.41, 5.74) is 2.89. The Balaban J connectivity index is 0.00000512. The van der Waals surface area contributed by atoms with Crippen LogP contribution in [-0.2, 0) is 6.42 Å². The fourth-order valence-corrected chi connectivity index (χ4v) is 3.04. The first-order chi connectivity index (χ1) is 15.1. The molecule has 0 heterocycles. The molecule has 32 heavy (non-hydrogen) atoms. The highest BCUT2D eigenvalue weighted by molar-refractivity contribution is 14.0. The van der Waals surface area contributed by atoms with E-state index in [9.17, 15) is 4.79 Å². The number of benzene rings is 2. The van der Waals surface area contributed by atoms with Crippen LogP contribution in [0.1, 0.15) is 35.3 Å². The molecular weight excluding hydrogens is 519 g/mol. The largest absolute Gasteiger partial charge is 0.490 e. The minimum Gasteiger partial charge on any atom is -0.490 e. The second-order valence-electron chi connectivity index (χ2n) is 6.95. The molecule has 7 nitrogen and oxygen atoms in total. The summed E-state index contributed by atoms with van der Waals surface area (Å²) in [4.78, 5) is 16.4. The van der Waals surface area contributed by atoms with E-state index >= 15 is 0 Å². The van der Waals surface area contributed by atoms with Crippen LogP contribution in [0.3, 0.4) is 0 Å². The smallest absolute Gasteiger partial charge is 0.251 e. The third-order valence-electron chi connectivity index (χ3n) is 4.52. The Hall–Kier alpha value is -2.49. The average molecular weight is 554 g/mol. The van der Waals surface area contributed by atoms with Crippen molar-refractivity contribution in [2.45, 2.75) is 27.2 Å². The molecule has 0 saturated carbocycles. The number of hydrogen-bond acceptors (Lipinski definition) is 4. The first-order valence-electron chi connectivity index (χ1n) is 10.7. The van der Waals surface area contributed by atoms with Gasteiger partial charge in [0.25, 0.3) is 5.91 Å². The molecule has 3 N–H and O–H groups in total. The fourth-order valence-electron chi connectivity index (χ4n) is 3.04. The Bertz CT molecular complexity index is 874. The number of hydrogen-bond donors (Lipinski definition) is 3. The number of rotatable bonds is 11. The number of nitrogens with zero attached hydrogens (tertiary/aromatic N) is 1. The van der Waals surface area contributed by atoms with Crippen molar-refractivity contribution in [3.05, 3.63) is 59.2 Å². The maximum Gasteiger partial charge on any atom is 0.251 e. The van der Waals surface area contributed by atoms with Crippen LogP contribution >= 0.6 is 24.0 Å². The van der Waals surface area contributed by atoms with Gasteiger partial charge in [-0.1, -0.05) is 23.8 Å². The maximum absolute atomic E-state index is 12.2. The number of carbonyl (C=O) groups is 1. The van der Waals surface area contributed by atoms with Crippen LogP contribution < -0.4 is 25.4 Å². The zero-order valence-electron chi connectivity index (χ0n) is 19.4. The number of carbonyl (C=O) groups excluding carboxylic acids is 1. The molecule has 2 rings (SSSR count). The molecule has 0 aromatic heterocycles. The maximum atomic E-state index is 12.2.